The first kappa shape index (κ1) is 16.6. The summed E-state index contributed by atoms with van der Waals surface area (Å²) in [6.07, 6.45) is 4.29. The molecule has 0 amide bonds. The van der Waals surface area contributed by atoms with E-state index in [-0.39, 0.29) is 0 Å². The predicted molar refractivity (Wildman–Crippen MR) is 69.1 cm³/mol. The molecular weight excluding hydrogens is 234 g/mol. The zero-order valence-electron chi connectivity index (χ0n) is 11.5. The smallest absolute Gasteiger partial charge is 0.331 e. The maximum atomic E-state index is 11.2. The van der Waals surface area contributed by atoms with Crippen molar-refractivity contribution in [2.75, 3.05) is 33.4 Å². The van der Waals surface area contributed by atoms with Gasteiger partial charge in [-0.2, -0.15) is 0 Å². The van der Waals surface area contributed by atoms with E-state index in [1.807, 2.05) is 0 Å². The molecule has 0 rings (SSSR count). The van der Waals surface area contributed by atoms with Gasteiger partial charge >= 0.3 is 11.9 Å². The van der Waals surface area contributed by atoms with Crippen LogP contribution in [0.4, 0.5) is 0 Å². The van der Waals surface area contributed by atoms with Crippen molar-refractivity contribution in [2.45, 2.75) is 26.7 Å². The number of methoxy groups -OCH3 is 1. The zero-order valence-corrected chi connectivity index (χ0v) is 11.5. The third-order valence-corrected chi connectivity index (χ3v) is 2.29. The number of hydrogen-bond donors (Lipinski definition) is 0. The fraction of sp³-hybridized carbons (Fsp3) is 0.692. The molecule has 5 heteroatoms. The first-order chi connectivity index (χ1) is 8.63. The van der Waals surface area contributed by atoms with E-state index in [0.29, 0.717) is 6.61 Å². The van der Waals surface area contributed by atoms with Crippen molar-refractivity contribution in [1.29, 1.82) is 0 Å². The molecule has 0 saturated carbocycles. The van der Waals surface area contributed by atoms with Gasteiger partial charge < -0.3 is 9.47 Å². The summed E-state index contributed by atoms with van der Waals surface area (Å²) in [5.74, 6) is -1.08. The van der Waals surface area contributed by atoms with Gasteiger partial charge in [-0.1, -0.05) is 13.8 Å². The summed E-state index contributed by atoms with van der Waals surface area (Å²) < 4.78 is 9.35. The number of hydrogen-bond acceptors (Lipinski definition) is 5. The maximum absolute atomic E-state index is 11.2. The lowest BCUT2D eigenvalue weighted by molar-refractivity contribution is -0.139. The number of rotatable bonds is 9. The fourth-order valence-electron chi connectivity index (χ4n) is 1.50. The molecule has 0 aliphatic heterocycles. The minimum absolute atomic E-state index is 0.338. The minimum Gasteiger partial charge on any atom is -0.466 e. The van der Waals surface area contributed by atoms with E-state index in [4.69, 9.17) is 4.74 Å². The summed E-state index contributed by atoms with van der Waals surface area (Å²) in [5, 5.41) is 0. The average molecular weight is 257 g/mol. The molecule has 0 spiro atoms. The van der Waals surface area contributed by atoms with Gasteiger partial charge in [-0.3, -0.25) is 4.90 Å². The lowest BCUT2D eigenvalue weighted by Gasteiger charge is -2.20. The molecule has 5 nitrogen and oxygen atoms in total. The molecule has 18 heavy (non-hydrogen) atoms. The summed E-state index contributed by atoms with van der Waals surface area (Å²) in [6.45, 7) is 7.30. The number of nitrogens with zero attached hydrogens (tertiary/aromatic N) is 1. The number of carbonyl (C=O) groups excluding carboxylic acids is 2. The molecule has 0 N–H and O–H groups in total. The van der Waals surface area contributed by atoms with Crippen LogP contribution in [0, 0.1) is 0 Å². The third-order valence-electron chi connectivity index (χ3n) is 2.29. The standard InChI is InChI=1S/C13H23NO4/c1-4-8-14(9-5-2)10-11-18-13(16)7-6-12(15)17-3/h6-7H,4-5,8-11H2,1-3H3/b7-6+. The van der Waals surface area contributed by atoms with Crippen molar-refractivity contribution in [3.05, 3.63) is 12.2 Å². The Morgan fingerprint density at radius 2 is 1.56 bits per heavy atom. The van der Waals surface area contributed by atoms with Crippen LogP contribution in [0.3, 0.4) is 0 Å². The second-order valence-electron chi connectivity index (χ2n) is 3.87. The Labute approximate surface area is 109 Å². The minimum atomic E-state index is -0.564. The Morgan fingerprint density at radius 3 is 2.06 bits per heavy atom. The Balaban J connectivity index is 3.83. The second-order valence-corrected chi connectivity index (χ2v) is 3.87. The van der Waals surface area contributed by atoms with Crippen LogP contribution < -0.4 is 0 Å². The summed E-state index contributed by atoms with van der Waals surface area (Å²) in [5.41, 5.74) is 0. The van der Waals surface area contributed by atoms with Crippen LogP contribution >= 0.6 is 0 Å². The van der Waals surface area contributed by atoms with Crippen LogP contribution in [0.25, 0.3) is 0 Å². The zero-order chi connectivity index (χ0) is 13.8. The van der Waals surface area contributed by atoms with E-state index in [1.54, 1.807) is 0 Å². The fourth-order valence-corrected chi connectivity index (χ4v) is 1.50. The Hall–Kier alpha value is -1.36. The van der Waals surface area contributed by atoms with E-state index in [0.717, 1.165) is 44.6 Å². The summed E-state index contributed by atoms with van der Waals surface area (Å²) >= 11 is 0. The van der Waals surface area contributed by atoms with Crippen molar-refractivity contribution in [2.24, 2.45) is 0 Å². The van der Waals surface area contributed by atoms with Crippen molar-refractivity contribution in [3.63, 3.8) is 0 Å². The first-order valence-electron chi connectivity index (χ1n) is 6.29. The summed E-state index contributed by atoms with van der Waals surface area (Å²) in [4.78, 5) is 24.2. The molecule has 0 bridgehead atoms. The van der Waals surface area contributed by atoms with Gasteiger partial charge in [0.15, 0.2) is 0 Å². The van der Waals surface area contributed by atoms with Crippen LogP contribution in [0.2, 0.25) is 0 Å². The van der Waals surface area contributed by atoms with Crippen molar-refractivity contribution < 1.29 is 19.1 Å². The average Bonchev–Trinajstić information content (AvgIpc) is 2.36. The van der Waals surface area contributed by atoms with Gasteiger partial charge in [-0.15, -0.1) is 0 Å². The van der Waals surface area contributed by atoms with Crippen LogP contribution in [-0.2, 0) is 19.1 Å². The van der Waals surface area contributed by atoms with Crippen LogP contribution in [0.5, 0.6) is 0 Å². The van der Waals surface area contributed by atoms with Crippen molar-refractivity contribution in [1.82, 2.24) is 4.90 Å². The predicted octanol–water partition coefficient (Wildman–Crippen LogP) is 1.38. The molecule has 0 saturated heterocycles. The van der Waals surface area contributed by atoms with Gasteiger partial charge in [0, 0.05) is 18.7 Å². The van der Waals surface area contributed by atoms with Crippen molar-refractivity contribution >= 4 is 11.9 Å². The summed E-state index contributed by atoms with van der Waals surface area (Å²) in [6, 6.07) is 0. The maximum Gasteiger partial charge on any atom is 0.331 e. The first-order valence-corrected chi connectivity index (χ1v) is 6.29. The molecule has 0 aromatic rings. The molecule has 0 radical (unpaired) electrons. The van der Waals surface area contributed by atoms with Gasteiger partial charge in [-0.25, -0.2) is 9.59 Å². The van der Waals surface area contributed by atoms with E-state index in [2.05, 4.69) is 23.5 Å². The molecule has 0 unspecified atom stereocenters. The van der Waals surface area contributed by atoms with E-state index in [1.165, 1.54) is 7.11 Å². The monoisotopic (exact) mass is 257 g/mol. The molecule has 0 fully saturated rings. The van der Waals surface area contributed by atoms with Crippen LogP contribution in [0.1, 0.15) is 26.7 Å². The molecule has 0 aliphatic carbocycles. The van der Waals surface area contributed by atoms with E-state index >= 15 is 0 Å². The SMILES string of the molecule is CCCN(CCC)CCOC(=O)/C=C/C(=O)OC. The van der Waals surface area contributed by atoms with Gasteiger partial charge in [0.25, 0.3) is 0 Å². The highest BCUT2D eigenvalue weighted by atomic mass is 16.5. The van der Waals surface area contributed by atoms with Gasteiger partial charge in [-0.05, 0) is 25.9 Å². The van der Waals surface area contributed by atoms with E-state index in [9.17, 15) is 9.59 Å². The van der Waals surface area contributed by atoms with Crippen LogP contribution in [-0.4, -0.2) is 50.2 Å². The Morgan fingerprint density at radius 1 is 1.00 bits per heavy atom. The highest BCUT2D eigenvalue weighted by Gasteiger charge is 2.04. The highest BCUT2D eigenvalue weighted by molar-refractivity contribution is 5.91. The van der Waals surface area contributed by atoms with Gasteiger partial charge in [0.1, 0.15) is 6.61 Å². The Kier molecular flexibility index (Phi) is 9.96. The molecule has 0 heterocycles. The quantitative estimate of drug-likeness (QED) is 0.461. The largest absolute Gasteiger partial charge is 0.466 e. The van der Waals surface area contributed by atoms with Crippen LogP contribution in [0.15, 0.2) is 12.2 Å². The number of esters is 2. The third kappa shape index (κ3) is 8.75. The summed E-state index contributed by atoms with van der Waals surface area (Å²) in [7, 11) is 1.26. The van der Waals surface area contributed by atoms with Gasteiger partial charge in [0.05, 0.1) is 7.11 Å². The second kappa shape index (κ2) is 10.8. The molecular formula is C13H23NO4. The lowest BCUT2D eigenvalue weighted by atomic mass is 10.3. The van der Waals surface area contributed by atoms with Crippen molar-refractivity contribution in [3.8, 4) is 0 Å². The molecule has 0 atom stereocenters. The molecule has 0 aromatic carbocycles. The molecule has 104 valence electrons. The highest BCUT2D eigenvalue weighted by Crippen LogP contribution is 1.94. The molecule has 0 aliphatic rings. The normalized spacial score (nSPS) is 10.9. The lowest BCUT2D eigenvalue weighted by Crippen LogP contribution is -2.29. The molecule has 0 aromatic heterocycles. The number of carbonyl (C=O) groups is 2. The number of ether oxygens (including phenoxy) is 2. The topological polar surface area (TPSA) is 55.8 Å². The van der Waals surface area contributed by atoms with Gasteiger partial charge in [0.2, 0.25) is 0 Å². The van der Waals surface area contributed by atoms with E-state index < -0.39 is 11.9 Å². The Bertz CT molecular complexity index is 270.